The van der Waals surface area contributed by atoms with Crippen molar-refractivity contribution in [2.75, 3.05) is 0 Å². The predicted octanol–water partition coefficient (Wildman–Crippen LogP) is 10.1. The third kappa shape index (κ3) is 8.13. The summed E-state index contributed by atoms with van der Waals surface area (Å²) >= 11 is 11.4. The van der Waals surface area contributed by atoms with Gasteiger partial charge in [0.2, 0.25) is 0 Å². The van der Waals surface area contributed by atoms with Crippen molar-refractivity contribution in [3.05, 3.63) is 148 Å². The van der Waals surface area contributed by atoms with Crippen molar-refractivity contribution in [1.82, 2.24) is 0 Å². The average molecular weight is 997 g/mol. The first-order chi connectivity index (χ1) is 21.6. The van der Waals surface area contributed by atoms with Gasteiger partial charge in [-0.05, 0) is 0 Å². The van der Waals surface area contributed by atoms with E-state index in [4.69, 9.17) is 12.6 Å². The fourth-order valence-electron chi connectivity index (χ4n) is 6.28. The first kappa shape index (κ1) is 32.6. The van der Waals surface area contributed by atoms with Gasteiger partial charge in [0.05, 0.1) is 0 Å². The molecule has 218 valence electrons. The van der Waals surface area contributed by atoms with Crippen LogP contribution in [0.5, 0.6) is 0 Å². The number of benzene rings is 3. The number of hydrogen-bond donors (Lipinski definition) is 2. The summed E-state index contributed by atoms with van der Waals surface area (Å²) < 4.78 is 2.54. The Morgan fingerprint density at radius 1 is 0.818 bits per heavy atom. The van der Waals surface area contributed by atoms with E-state index >= 15 is 0 Å². The molecule has 2 fully saturated rings. The van der Waals surface area contributed by atoms with E-state index in [1.165, 1.54) is 79.8 Å². The molecule has 4 heteroatoms. The Labute approximate surface area is 306 Å². The summed E-state index contributed by atoms with van der Waals surface area (Å²) in [6.07, 6.45) is 22.8. The van der Waals surface area contributed by atoms with E-state index in [1.54, 1.807) is 11.1 Å². The van der Waals surface area contributed by atoms with Gasteiger partial charge < -0.3 is 0 Å². The van der Waals surface area contributed by atoms with Crippen LogP contribution in [-0.4, -0.2) is 51.5 Å². The summed E-state index contributed by atoms with van der Waals surface area (Å²) in [6.45, 7) is 0. The Morgan fingerprint density at radius 2 is 1.50 bits per heavy atom. The van der Waals surface area contributed by atoms with Crippen molar-refractivity contribution in [3.8, 4) is 0 Å². The molecule has 0 spiro atoms. The van der Waals surface area contributed by atoms with Crippen LogP contribution in [0.1, 0.15) is 84.6 Å². The van der Waals surface area contributed by atoms with Gasteiger partial charge in [-0.2, -0.15) is 0 Å². The van der Waals surface area contributed by atoms with Crippen molar-refractivity contribution in [1.29, 1.82) is 0 Å². The molecule has 0 N–H and O–H groups in total. The third-order valence-electron chi connectivity index (χ3n) is 8.86. The molecule has 0 saturated heterocycles. The monoisotopic (exact) mass is 998 g/mol. The van der Waals surface area contributed by atoms with Crippen molar-refractivity contribution in [3.63, 3.8) is 0 Å². The fraction of sp³-hybridized carbons (Fsp3) is 0.250. The zero-order chi connectivity index (χ0) is 30.5. The molecule has 44 heavy (non-hydrogen) atoms. The maximum atomic E-state index is 4.81. The van der Waals surface area contributed by atoms with E-state index in [0.717, 1.165) is 85.1 Å². The van der Waals surface area contributed by atoms with Gasteiger partial charge in [-0.1, -0.05) is 0 Å². The molecule has 0 nitrogen and oxygen atoms in total. The second-order valence-electron chi connectivity index (χ2n) is 12.1. The van der Waals surface area contributed by atoms with Crippen LogP contribution in [-0.2, 0) is 0 Å². The molecule has 3 aromatic carbocycles. The number of thiol groups is 2. The molecule has 3 aliphatic rings. The molecule has 3 aliphatic carbocycles. The van der Waals surface area contributed by atoms with Crippen LogP contribution in [0.25, 0.3) is 16.7 Å². The Kier molecular flexibility index (Phi) is 11.5. The fourth-order valence-corrected chi connectivity index (χ4v) is 8.85. The van der Waals surface area contributed by atoms with Crippen LogP contribution >= 0.6 is 25.3 Å². The summed E-state index contributed by atoms with van der Waals surface area (Å²) in [5.41, 5.74) is 13.9. The first-order valence-corrected chi connectivity index (χ1v) is 21.4. The van der Waals surface area contributed by atoms with Crippen LogP contribution in [0.2, 0.25) is 3.98 Å². The van der Waals surface area contributed by atoms with Crippen LogP contribution in [0.4, 0.5) is 0 Å². The van der Waals surface area contributed by atoms with Gasteiger partial charge in [0.25, 0.3) is 0 Å². The van der Waals surface area contributed by atoms with E-state index in [0.29, 0.717) is 0 Å². The van der Waals surface area contributed by atoms with Gasteiger partial charge in [-0.3, -0.25) is 0 Å². The molecule has 6 radical (unpaired) electrons. The summed E-state index contributed by atoms with van der Waals surface area (Å²) in [6, 6.07) is 24.9. The third-order valence-corrected chi connectivity index (χ3v) is 11.9. The molecular formula is C40H38Pb2S2. The van der Waals surface area contributed by atoms with Gasteiger partial charge in [0.15, 0.2) is 0 Å². The molecule has 0 aliphatic heterocycles. The van der Waals surface area contributed by atoms with Crippen LogP contribution < -0.4 is 3.12 Å². The molecule has 2 saturated carbocycles. The Balaban J connectivity index is 1.50. The Bertz CT molecular complexity index is 1680. The molecule has 0 bridgehead atoms. The molecule has 0 atom stereocenters. The van der Waals surface area contributed by atoms with Gasteiger partial charge in [0, 0.05) is 0 Å². The topological polar surface area (TPSA) is 0 Å². The maximum absolute atomic E-state index is 4.81. The van der Waals surface area contributed by atoms with Gasteiger partial charge in [-0.25, -0.2) is 0 Å². The summed E-state index contributed by atoms with van der Waals surface area (Å²) in [7, 11) is 0. The van der Waals surface area contributed by atoms with E-state index in [-0.39, 0.29) is 0 Å². The summed E-state index contributed by atoms with van der Waals surface area (Å²) in [5, 5.41) is 1.87. The Hall–Kier alpha value is -1.36. The molecular weight excluding hydrogens is 959 g/mol. The van der Waals surface area contributed by atoms with Crippen molar-refractivity contribution in [2.45, 2.75) is 65.7 Å². The average Bonchev–Trinajstić information content (AvgIpc) is 3.96. The summed E-state index contributed by atoms with van der Waals surface area (Å²) in [5.74, 6) is 1.49. The quantitative estimate of drug-likeness (QED) is 0.113. The minimum absolute atomic E-state index is 0.746. The predicted molar refractivity (Wildman–Crippen MR) is 199 cm³/mol. The first-order valence-electron chi connectivity index (χ1n) is 15.8. The second kappa shape index (κ2) is 15.5. The van der Waals surface area contributed by atoms with Gasteiger partial charge >= 0.3 is 310 Å². The molecule has 6 rings (SSSR count). The molecule has 0 heterocycles. The normalized spacial score (nSPS) is 19.1. The van der Waals surface area contributed by atoms with Crippen LogP contribution in [0.15, 0.2) is 125 Å². The Morgan fingerprint density at radius 3 is 2.14 bits per heavy atom. The number of rotatable bonds is 10. The second-order valence-corrected chi connectivity index (χ2v) is 16.5. The molecule has 0 aromatic heterocycles. The minimum atomic E-state index is 0.746. The zero-order valence-electron chi connectivity index (χ0n) is 25.1. The van der Waals surface area contributed by atoms with Crippen molar-refractivity contribution < 1.29 is 0 Å². The van der Waals surface area contributed by atoms with Gasteiger partial charge in [-0.15, -0.1) is 0 Å². The van der Waals surface area contributed by atoms with Crippen LogP contribution in [0.3, 0.4) is 0 Å². The van der Waals surface area contributed by atoms with Crippen LogP contribution in [0, 0.1) is 0 Å². The molecule has 0 unspecified atom stereocenters. The zero-order valence-corrected chi connectivity index (χ0v) is 34.7. The van der Waals surface area contributed by atoms with E-state index in [1.807, 2.05) is 5.41 Å². The number of allylic oxidation sites excluding steroid dienone is 11. The van der Waals surface area contributed by atoms with Crippen molar-refractivity contribution >= 4 is 96.6 Å². The van der Waals surface area contributed by atoms with E-state index < -0.39 is 0 Å². The molecule has 0 amide bonds. The SMILES string of the molecule is S\C=C/C(=C\C=C1/CCCC(/C=C/C(=C/[CH2][Pb])c2ccccc2S)=C1c1cc(C2CC2)cc(C2CC2)c1)c1cccc[c]1[Pb]. The standard InChI is InChI=1S/C40H38S2.2Pb/c1-2-28(38-13-6-7-14-39(38)42)15-21-33-11-8-12-34(22-20-32(23-24-41)29-9-4-3-5-10-29)40(33)37-26-35(30-16-17-30)25-36(27-37)31-18-19-31;;/h2-7,9,13-15,20-27,30-31,41-42H,1,8,11-12,16-19H2;;/b21-15+,24-23-,28-2-,32-20+,34-22+;;. The van der Waals surface area contributed by atoms with Gasteiger partial charge in [0.1, 0.15) is 0 Å². The summed E-state index contributed by atoms with van der Waals surface area (Å²) in [4.78, 5) is 1.04. The van der Waals surface area contributed by atoms with E-state index in [9.17, 15) is 0 Å². The van der Waals surface area contributed by atoms with Crippen molar-refractivity contribution in [2.24, 2.45) is 0 Å². The molecule has 3 aromatic rings. The number of hydrogen-bond acceptors (Lipinski definition) is 2. The van der Waals surface area contributed by atoms with E-state index in [2.05, 4.69) is 116 Å².